The molecule has 2 atom stereocenters. The molecule has 0 aromatic rings. The summed E-state index contributed by atoms with van der Waals surface area (Å²) in [6, 6.07) is 1.51. The van der Waals surface area contributed by atoms with Crippen LogP contribution in [0.1, 0.15) is 39.5 Å². The highest BCUT2D eigenvalue weighted by Crippen LogP contribution is 2.26. The van der Waals surface area contributed by atoms with Gasteiger partial charge in [0.25, 0.3) is 0 Å². The minimum absolute atomic E-state index is 0.706. The van der Waals surface area contributed by atoms with Gasteiger partial charge in [0.2, 0.25) is 0 Å². The van der Waals surface area contributed by atoms with Crippen molar-refractivity contribution >= 4 is 0 Å². The van der Waals surface area contributed by atoms with E-state index in [0.29, 0.717) is 6.04 Å². The van der Waals surface area contributed by atoms with Gasteiger partial charge in [-0.05, 0) is 25.3 Å². The first-order valence-electron chi connectivity index (χ1n) is 7.14. The molecule has 0 N–H and O–H groups in total. The molecule has 17 heavy (non-hydrogen) atoms. The minimum atomic E-state index is 0.706. The van der Waals surface area contributed by atoms with E-state index in [1.807, 2.05) is 0 Å². The summed E-state index contributed by atoms with van der Waals surface area (Å²) in [6.45, 7) is 9.59. The Bertz CT molecular complexity index is 279. The monoisotopic (exact) mass is 234 g/mol. The average Bonchev–Trinajstić information content (AvgIpc) is 2.35. The van der Waals surface area contributed by atoms with E-state index in [1.165, 1.54) is 38.9 Å². The van der Waals surface area contributed by atoms with E-state index in [0.717, 1.165) is 24.9 Å². The van der Waals surface area contributed by atoms with Gasteiger partial charge >= 0.3 is 0 Å². The molecule has 2 heteroatoms. The van der Waals surface area contributed by atoms with Gasteiger partial charge < -0.3 is 0 Å². The van der Waals surface area contributed by atoms with Crippen molar-refractivity contribution in [1.29, 1.82) is 0 Å². The summed E-state index contributed by atoms with van der Waals surface area (Å²) in [6.07, 6.45) is 10.5. The van der Waals surface area contributed by atoms with Crippen LogP contribution >= 0.6 is 0 Å². The number of hydrogen-bond acceptors (Lipinski definition) is 2. The number of hydrogen-bond donors (Lipinski definition) is 0. The summed E-state index contributed by atoms with van der Waals surface area (Å²) >= 11 is 0. The number of rotatable bonds is 3. The van der Waals surface area contributed by atoms with E-state index in [1.54, 1.807) is 0 Å². The Morgan fingerprint density at radius 1 is 1.29 bits per heavy atom. The normalized spacial score (nSPS) is 31.2. The minimum Gasteiger partial charge on any atom is -0.298 e. The summed E-state index contributed by atoms with van der Waals surface area (Å²) in [7, 11) is 0. The first-order valence-corrected chi connectivity index (χ1v) is 7.14. The number of terminal acetylenes is 1. The molecular weight excluding hydrogens is 208 g/mol. The van der Waals surface area contributed by atoms with Gasteiger partial charge in [0.15, 0.2) is 0 Å². The lowest BCUT2D eigenvalue weighted by Gasteiger charge is -2.49. The highest BCUT2D eigenvalue weighted by Gasteiger charge is 2.35. The van der Waals surface area contributed by atoms with Gasteiger partial charge in [-0.1, -0.05) is 20.3 Å². The van der Waals surface area contributed by atoms with Gasteiger partial charge in [-0.3, -0.25) is 9.80 Å². The molecule has 2 rings (SSSR count). The van der Waals surface area contributed by atoms with E-state index in [2.05, 4.69) is 29.6 Å². The zero-order chi connectivity index (χ0) is 12.3. The van der Waals surface area contributed by atoms with Crippen LogP contribution in [0.15, 0.2) is 0 Å². The molecule has 2 nitrogen and oxygen atoms in total. The van der Waals surface area contributed by atoms with Crippen LogP contribution in [0, 0.1) is 18.3 Å². The first kappa shape index (κ1) is 12.9. The smallest absolute Gasteiger partial charge is 0.0247 e. The predicted octanol–water partition coefficient (Wildman–Crippen LogP) is 2.20. The Hall–Kier alpha value is -0.520. The van der Waals surface area contributed by atoms with Crippen LogP contribution in [0.5, 0.6) is 0 Å². The molecular formula is C15H26N2. The fraction of sp³-hybridized carbons (Fsp3) is 0.867. The maximum atomic E-state index is 5.41. The zero-order valence-corrected chi connectivity index (χ0v) is 11.4. The summed E-state index contributed by atoms with van der Waals surface area (Å²) in [4.78, 5) is 5.37. The lowest BCUT2D eigenvalue weighted by molar-refractivity contribution is -0.00617. The quantitative estimate of drug-likeness (QED) is 0.691. The molecule has 0 aromatic heterocycles. The van der Waals surface area contributed by atoms with Crippen molar-refractivity contribution in [1.82, 2.24) is 9.80 Å². The first-order chi connectivity index (χ1) is 8.22. The number of piperazine rings is 1. The topological polar surface area (TPSA) is 6.48 Å². The van der Waals surface area contributed by atoms with Crippen molar-refractivity contribution in [2.24, 2.45) is 5.92 Å². The largest absolute Gasteiger partial charge is 0.298 e. The summed E-state index contributed by atoms with van der Waals surface area (Å²) < 4.78 is 0. The maximum Gasteiger partial charge on any atom is 0.0247 e. The van der Waals surface area contributed by atoms with Gasteiger partial charge in [0.1, 0.15) is 0 Å². The molecule has 2 saturated heterocycles. The highest BCUT2D eigenvalue weighted by molar-refractivity contribution is 4.94. The molecule has 2 aliphatic rings. The molecule has 2 unspecified atom stereocenters. The van der Waals surface area contributed by atoms with Crippen molar-refractivity contribution in [2.75, 3.05) is 26.2 Å². The third-order valence-corrected chi connectivity index (χ3v) is 4.40. The maximum absolute atomic E-state index is 5.41. The van der Waals surface area contributed by atoms with Crippen LogP contribution in [-0.2, 0) is 0 Å². The lowest BCUT2D eigenvalue weighted by atomic mass is 9.92. The van der Waals surface area contributed by atoms with Gasteiger partial charge in [0, 0.05) is 38.1 Å². The van der Waals surface area contributed by atoms with Gasteiger partial charge in [-0.15, -0.1) is 12.3 Å². The van der Waals surface area contributed by atoms with Crippen molar-refractivity contribution in [3.8, 4) is 12.3 Å². The Kier molecular flexibility index (Phi) is 4.48. The van der Waals surface area contributed by atoms with E-state index >= 15 is 0 Å². The van der Waals surface area contributed by atoms with Crippen LogP contribution in [0.2, 0.25) is 0 Å². The van der Waals surface area contributed by atoms with Gasteiger partial charge in [-0.25, -0.2) is 0 Å². The number of piperidine rings is 1. The molecule has 0 radical (unpaired) electrons. The third-order valence-electron chi connectivity index (χ3n) is 4.40. The SMILES string of the molecule is C#CCCN1CC2CCCCN2CC1C(C)C. The Morgan fingerprint density at radius 3 is 2.82 bits per heavy atom. The molecule has 0 aliphatic carbocycles. The lowest BCUT2D eigenvalue weighted by Crippen LogP contribution is -2.61. The average molecular weight is 234 g/mol. The summed E-state index contributed by atoms with van der Waals surface area (Å²) in [5, 5.41) is 0. The van der Waals surface area contributed by atoms with Crippen LogP contribution in [0.3, 0.4) is 0 Å². The molecule has 0 aromatic carbocycles. The molecule has 2 heterocycles. The molecule has 2 aliphatic heterocycles. The van der Waals surface area contributed by atoms with Crippen molar-refractivity contribution in [3.63, 3.8) is 0 Å². The van der Waals surface area contributed by atoms with Crippen LogP contribution < -0.4 is 0 Å². The van der Waals surface area contributed by atoms with E-state index in [4.69, 9.17) is 6.42 Å². The Labute approximate surface area is 106 Å². The van der Waals surface area contributed by atoms with Crippen molar-refractivity contribution < 1.29 is 0 Å². The van der Waals surface area contributed by atoms with Crippen LogP contribution in [-0.4, -0.2) is 48.1 Å². The van der Waals surface area contributed by atoms with Crippen LogP contribution in [0.4, 0.5) is 0 Å². The predicted molar refractivity (Wildman–Crippen MR) is 72.9 cm³/mol. The van der Waals surface area contributed by atoms with Gasteiger partial charge in [-0.2, -0.15) is 0 Å². The molecule has 0 amide bonds. The second-order valence-corrected chi connectivity index (χ2v) is 5.90. The molecule has 96 valence electrons. The van der Waals surface area contributed by atoms with E-state index < -0.39 is 0 Å². The molecule has 0 saturated carbocycles. The third kappa shape index (κ3) is 3.03. The van der Waals surface area contributed by atoms with E-state index in [-0.39, 0.29) is 0 Å². The summed E-state index contributed by atoms with van der Waals surface area (Å²) in [5.41, 5.74) is 0. The van der Waals surface area contributed by atoms with Gasteiger partial charge in [0.05, 0.1) is 0 Å². The number of nitrogens with zero attached hydrogens (tertiary/aromatic N) is 2. The van der Waals surface area contributed by atoms with Crippen molar-refractivity contribution in [3.05, 3.63) is 0 Å². The summed E-state index contributed by atoms with van der Waals surface area (Å²) in [5.74, 6) is 3.52. The fourth-order valence-electron chi connectivity index (χ4n) is 3.37. The van der Waals surface area contributed by atoms with Crippen molar-refractivity contribution in [2.45, 2.75) is 51.6 Å². The van der Waals surface area contributed by atoms with Crippen LogP contribution in [0.25, 0.3) is 0 Å². The highest BCUT2D eigenvalue weighted by atomic mass is 15.3. The fourth-order valence-corrected chi connectivity index (χ4v) is 3.37. The second kappa shape index (κ2) is 5.89. The van der Waals surface area contributed by atoms with E-state index in [9.17, 15) is 0 Å². The Morgan fingerprint density at radius 2 is 2.12 bits per heavy atom. The molecule has 0 spiro atoms. The molecule has 0 bridgehead atoms. The zero-order valence-electron chi connectivity index (χ0n) is 11.4. The number of fused-ring (bicyclic) bond motifs is 1. The Balaban J connectivity index is 2.00. The standard InChI is InChI=1S/C15H26N2/c1-4-5-9-17-11-14-8-6-7-10-16(14)12-15(17)13(2)3/h1,13-15H,5-12H2,2-3H3. The molecule has 2 fully saturated rings. The second-order valence-electron chi connectivity index (χ2n) is 5.90.